The molecule has 0 aliphatic carbocycles. The van der Waals surface area contributed by atoms with Crippen molar-refractivity contribution in [2.75, 3.05) is 0 Å². The highest BCUT2D eigenvalue weighted by Gasteiger charge is 2.19. The zero-order valence-electron chi connectivity index (χ0n) is 34.4. The third kappa shape index (κ3) is 5.60. The minimum Gasteiger partial charge on any atom is -0.309 e. The molecule has 13 aromatic rings. The first-order valence-electron chi connectivity index (χ1n) is 21.7. The zero-order chi connectivity index (χ0) is 41.4. The van der Waals surface area contributed by atoms with Gasteiger partial charge in [-0.1, -0.05) is 152 Å². The molecule has 0 saturated carbocycles. The van der Waals surface area contributed by atoms with Crippen LogP contribution in [-0.4, -0.2) is 13.7 Å². The number of hydrogen-bond acceptors (Lipinski definition) is 0. The van der Waals surface area contributed by atoms with Gasteiger partial charge >= 0.3 is 0 Å². The summed E-state index contributed by atoms with van der Waals surface area (Å²) in [4.78, 5) is 0. The molecule has 13 rings (SSSR count). The number of hydrogen-bond donors (Lipinski definition) is 0. The SMILES string of the molecule is c1ccc(-c2cccc(-n3c4ccccc4c4cc(-c5ccc6c(c5)c5cc(-n7c8ccccc8c8ccccc87)ccc5n6-c5cccc(-c6ccccc6)c5)ccc43)c2)cc1. The van der Waals surface area contributed by atoms with Crippen molar-refractivity contribution in [2.45, 2.75) is 0 Å². The number of para-hydroxylation sites is 3. The maximum Gasteiger partial charge on any atom is 0.0542 e. The van der Waals surface area contributed by atoms with Crippen LogP contribution in [0.3, 0.4) is 0 Å². The van der Waals surface area contributed by atoms with Crippen molar-refractivity contribution < 1.29 is 0 Å². The lowest BCUT2D eigenvalue weighted by molar-refractivity contribution is 1.17. The van der Waals surface area contributed by atoms with Crippen molar-refractivity contribution in [1.82, 2.24) is 13.7 Å². The molecule has 63 heavy (non-hydrogen) atoms. The summed E-state index contributed by atoms with van der Waals surface area (Å²) in [6.07, 6.45) is 0. The summed E-state index contributed by atoms with van der Waals surface area (Å²) in [5.41, 5.74) is 17.8. The Hall–Kier alpha value is -8.40. The lowest BCUT2D eigenvalue weighted by Gasteiger charge is -2.12. The summed E-state index contributed by atoms with van der Waals surface area (Å²) < 4.78 is 7.28. The van der Waals surface area contributed by atoms with Crippen molar-refractivity contribution in [3.05, 3.63) is 237 Å². The van der Waals surface area contributed by atoms with Crippen LogP contribution in [0.1, 0.15) is 0 Å². The van der Waals surface area contributed by atoms with Crippen LogP contribution in [0.25, 0.3) is 116 Å². The maximum atomic E-state index is 2.44. The smallest absolute Gasteiger partial charge is 0.0542 e. The molecule has 0 amide bonds. The van der Waals surface area contributed by atoms with E-state index >= 15 is 0 Å². The molecule has 10 aromatic carbocycles. The van der Waals surface area contributed by atoms with Crippen molar-refractivity contribution in [1.29, 1.82) is 0 Å². The monoisotopic (exact) mass is 801 g/mol. The fourth-order valence-electron chi connectivity index (χ4n) is 10.1. The van der Waals surface area contributed by atoms with Gasteiger partial charge < -0.3 is 13.7 Å². The van der Waals surface area contributed by atoms with E-state index in [9.17, 15) is 0 Å². The number of rotatable bonds is 6. The molecule has 3 heteroatoms. The van der Waals surface area contributed by atoms with Gasteiger partial charge in [0.05, 0.1) is 33.1 Å². The molecule has 0 aliphatic heterocycles. The maximum absolute atomic E-state index is 2.44. The molecule has 3 nitrogen and oxygen atoms in total. The second-order valence-corrected chi connectivity index (χ2v) is 16.6. The van der Waals surface area contributed by atoms with E-state index in [0.717, 1.165) is 17.1 Å². The van der Waals surface area contributed by atoms with Crippen LogP contribution in [0, 0.1) is 0 Å². The Morgan fingerprint density at radius 2 is 0.492 bits per heavy atom. The Balaban J connectivity index is 1.02. The molecule has 0 bridgehead atoms. The Labute approximate surface area is 364 Å². The highest BCUT2D eigenvalue weighted by Crippen LogP contribution is 2.41. The Morgan fingerprint density at radius 1 is 0.175 bits per heavy atom. The van der Waals surface area contributed by atoms with Gasteiger partial charge in [0, 0.05) is 49.4 Å². The standard InChI is InChI=1S/C60H39N3/c1-3-15-40(16-4-1)42-19-13-21-46(35-42)61-57-28-12-9-25-51(57)52-37-44(29-32-58(52)61)45-30-33-59-53(38-45)54-39-48(63-55-26-10-7-23-49(55)50-24-8-11-27-56(50)63)31-34-60(54)62(59)47-22-14-20-43(36-47)41-17-5-2-6-18-41/h1-39H. The number of benzene rings is 10. The van der Waals surface area contributed by atoms with Crippen molar-refractivity contribution in [2.24, 2.45) is 0 Å². The van der Waals surface area contributed by atoms with E-state index in [4.69, 9.17) is 0 Å². The Morgan fingerprint density at radius 3 is 0.968 bits per heavy atom. The summed E-state index contributed by atoms with van der Waals surface area (Å²) >= 11 is 0. The van der Waals surface area contributed by atoms with Crippen molar-refractivity contribution in [3.63, 3.8) is 0 Å². The molecule has 0 saturated heterocycles. The first kappa shape index (κ1) is 35.4. The lowest BCUT2D eigenvalue weighted by Crippen LogP contribution is -1.96. The largest absolute Gasteiger partial charge is 0.309 e. The number of fused-ring (bicyclic) bond motifs is 9. The quantitative estimate of drug-likeness (QED) is 0.159. The summed E-state index contributed by atoms with van der Waals surface area (Å²) in [5.74, 6) is 0. The molecule has 3 heterocycles. The molecule has 0 atom stereocenters. The van der Waals surface area contributed by atoms with Gasteiger partial charge in [-0.05, 0) is 118 Å². The number of aromatic nitrogens is 3. The molecule has 0 fully saturated rings. The van der Waals surface area contributed by atoms with Crippen LogP contribution < -0.4 is 0 Å². The van der Waals surface area contributed by atoms with Gasteiger partial charge in [-0.25, -0.2) is 0 Å². The fraction of sp³-hybridized carbons (Fsp3) is 0. The van der Waals surface area contributed by atoms with Crippen LogP contribution in [0.15, 0.2) is 237 Å². The minimum absolute atomic E-state index is 1.14. The molecule has 3 aromatic heterocycles. The lowest BCUT2D eigenvalue weighted by atomic mass is 10.0. The van der Waals surface area contributed by atoms with E-state index in [1.165, 1.54) is 98.8 Å². The highest BCUT2D eigenvalue weighted by atomic mass is 15.0. The molecular weight excluding hydrogens is 763 g/mol. The van der Waals surface area contributed by atoms with E-state index in [0.29, 0.717) is 0 Å². The summed E-state index contributed by atoms with van der Waals surface area (Å²) in [7, 11) is 0. The Kier molecular flexibility index (Phi) is 7.91. The predicted octanol–water partition coefficient (Wildman–Crippen LogP) is 16.0. The van der Waals surface area contributed by atoms with E-state index < -0.39 is 0 Å². The zero-order valence-corrected chi connectivity index (χ0v) is 34.4. The van der Waals surface area contributed by atoms with Crippen LogP contribution in [-0.2, 0) is 0 Å². The van der Waals surface area contributed by atoms with Gasteiger partial charge in [-0.3, -0.25) is 0 Å². The van der Waals surface area contributed by atoms with E-state index in [1.54, 1.807) is 0 Å². The first-order valence-corrected chi connectivity index (χ1v) is 21.7. The average molecular weight is 802 g/mol. The predicted molar refractivity (Wildman–Crippen MR) is 266 cm³/mol. The van der Waals surface area contributed by atoms with Crippen LogP contribution >= 0.6 is 0 Å². The van der Waals surface area contributed by atoms with Crippen molar-refractivity contribution in [3.8, 4) is 50.4 Å². The van der Waals surface area contributed by atoms with Crippen LogP contribution in [0.4, 0.5) is 0 Å². The normalized spacial score (nSPS) is 11.8. The van der Waals surface area contributed by atoms with E-state index in [-0.39, 0.29) is 0 Å². The minimum atomic E-state index is 1.14. The molecule has 0 unspecified atom stereocenters. The average Bonchev–Trinajstić information content (AvgIpc) is 3.99. The summed E-state index contributed by atoms with van der Waals surface area (Å²) in [6, 6.07) is 86.5. The van der Waals surface area contributed by atoms with Gasteiger partial charge in [-0.15, -0.1) is 0 Å². The first-order chi connectivity index (χ1) is 31.2. The van der Waals surface area contributed by atoms with E-state index in [2.05, 4.69) is 250 Å². The molecule has 0 radical (unpaired) electrons. The number of nitrogens with zero attached hydrogens (tertiary/aromatic N) is 3. The molecule has 0 spiro atoms. The highest BCUT2D eigenvalue weighted by molar-refractivity contribution is 6.14. The summed E-state index contributed by atoms with van der Waals surface area (Å²) in [5, 5.41) is 7.43. The van der Waals surface area contributed by atoms with Crippen LogP contribution in [0.5, 0.6) is 0 Å². The summed E-state index contributed by atoms with van der Waals surface area (Å²) in [6.45, 7) is 0. The second-order valence-electron chi connectivity index (χ2n) is 16.6. The van der Waals surface area contributed by atoms with Crippen molar-refractivity contribution >= 4 is 65.4 Å². The second kappa shape index (κ2) is 14.1. The van der Waals surface area contributed by atoms with E-state index in [1.807, 2.05) is 0 Å². The van der Waals surface area contributed by atoms with Gasteiger partial charge in [0.1, 0.15) is 0 Å². The van der Waals surface area contributed by atoms with Gasteiger partial charge in [0.25, 0.3) is 0 Å². The third-order valence-corrected chi connectivity index (χ3v) is 13.0. The topological polar surface area (TPSA) is 14.8 Å². The molecular formula is C60H39N3. The van der Waals surface area contributed by atoms with Gasteiger partial charge in [-0.2, -0.15) is 0 Å². The molecule has 294 valence electrons. The fourth-order valence-corrected chi connectivity index (χ4v) is 10.1. The van der Waals surface area contributed by atoms with Crippen LogP contribution in [0.2, 0.25) is 0 Å². The third-order valence-electron chi connectivity index (χ3n) is 13.0. The Bertz CT molecular complexity index is 3850. The molecule has 0 aliphatic rings. The van der Waals surface area contributed by atoms with Gasteiger partial charge in [0.2, 0.25) is 0 Å². The van der Waals surface area contributed by atoms with Gasteiger partial charge in [0.15, 0.2) is 0 Å². The molecule has 0 N–H and O–H groups in total.